The zero-order chi connectivity index (χ0) is 14.2. The minimum Gasteiger partial charge on any atom is -0.373 e. The predicted molar refractivity (Wildman–Crippen MR) is 63.4 cm³/mol. The van der Waals surface area contributed by atoms with Crippen LogP contribution in [0.2, 0.25) is 5.02 Å². The zero-order valence-electron chi connectivity index (χ0n) is 9.96. The molecule has 2 aromatic rings. The summed E-state index contributed by atoms with van der Waals surface area (Å²) in [4.78, 5) is 6.80. The third-order valence-corrected chi connectivity index (χ3v) is 2.67. The molecule has 0 saturated carbocycles. The summed E-state index contributed by atoms with van der Waals surface area (Å²) in [5.41, 5.74) is 0.500. The van der Waals surface area contributed by atoms with Crippen LogP contribution < -0.4 is 5.32 Å². The number of anilines is 1. The maximum Gasteiger partial charge on any atom is 0.451 e. The van der Waals surface area contributed by atoms with E-state index in [2.05, 4.69) is 20.4 Å². The number of nitrogens with one attached hydrogen (secondary N) is 1. The quantitative estimate of drug-likeness (QED) is 0.924. The molecule has 0 aromatic carbocycles. The van der Waals surface area contributed by atoms with Crippen molar-refractivity contribution in [3.05, 3.63) is 28.8 Å². The van der Waals surface area contributed by atoms with E-state index in [4.69, 9.17) is 11.6 Å². The van der Waals surface area contributed by atoms with Crippen molar-refractivity contribution < 1.29 is 13.2 Å². The van der Waals surface area contributed by atoms with E-state index in [-0.39, 0.29) is 11.6 Å². The average Bonchev–Trinajstić information content (AvgIpc) is 2.68. The lowest BCUT2D eigenvalue weighted by Crippen LogP contribution is -2.15. The van der Waals surface area contributed by atoms with E-state index < -0.39 is 12.0 Å². The molecule has 0 aliphatic heterocycles. The molecule has 5 nitrogen and oxygen atoms in total. The molecule has 0 amide bonds. The maximum atomic E-state index is 12.7. The summed E-state index contributed by atoms with van der Waals surface area (Å²) in [6.45, 7) is 1.64. The molecule has 0 unspecified atom stereocenters. The first-order valence-electron chi connectivity index (χ1n) is 5.17. The van der Waals surface area contributed by atoms with Crippen molar-refractivity contribution in [2.45, 2.75) is 13.1 Å². The van der Waals surface area contributed by atoms with Crippen LogP contribution in [-0.2, 0) is 6.18 Å². The molecular formula is C10H9ClF3N5. The molecule has 1 N–H and O–H groups in total. The van der Waals surface area contributed by atoms with Crippen LogP contribution in [0.3, 0.4) is 0 Å². The number of nitrogens with zero attached hydrogens (tertiary/aromatic N) is 4. The van der Waals surface area contributed by atoms with E-state index in [9.17, 15) is 13.2 Å². The second kappa shape index (κ2) is 4.69. The fourth-order valence-electron chi connectivity index (χ4n) is 1.36. The van der Waals surface area contributed by atoms with Crippen LogP contribution in [0, 0.1) is 6.92 Å². The third kappa shape index (κ3) is 2.78. The molecule has 19 heavy (non-hydrogen) atoms. The first kappa shape index (κ1) is 13.6. The molecule has 2 aromatic heterocycles. The Morgan fingerprint density at radius 1 is 1.32 bits per heavy atom. The van der Waals surface area contributed by atoms with E-state index in [1.54, 1.807) is 6.92 Å². The van der Waals surface area contributed by atoms with Crippen LogP contribution in [0.4, 0.5) is 19.0 Å². The van der Waals surface area contributed by atoms with Crippen LogP contribution in [-0.4, -0.2) is 26.8 Å². The molecule has 9 heteroatoms. The minimum atomic E-state index is -4.63. The van der Waals surface area contributed by atoms with Crippen LogP contribution in [0.5, 0.6) is 0 Å². The van der Waals surface area contributed by atoms with Crippen molar-refractivity contribution in [2.24, 2.45) is 0 Å². The first-order valence-corrected chi connectivity index (χ1v) is 5.55. The highest BCUT2D eigenvalue weighted by molar-refractivity contribution is 6.31. The third-order valence-electron chi connectivity index (χ3n) is 2.30. The molecule has 0 fully saturated rings. The highest BCUT2D eigenvalue weighted by atomic mass is 35.5. The molecule has 0 bridgehead atoms. The number of hydrogen-bond acceptors (Lipinski definition) is 4. The molecule has 2 heterocycles. The van der Waals surface area contributed by atoms with Crippen LogP contribution >= 0.6 is 11.6 Å². The molecule has 0 saturated heterocycles. The topological polar surface area (TPSA) is 55.6 Å². The van der Waals surface area contributed by atoms with Gasteiger partial charge in [0.2, 0.25) is 5.82 Å². The summed E-state index contributed by atoms with van der Waals surface area (Å²) < 4.78 is 39.2. The van der Waals surface area contributed by atoms with Crippen LogP contribution in [0.15, 0.2) is 12.3 Å². The van der Waals surface area contributed by atoms with Gasteiger partial charge in [-0.1, -0.05) is 11.6 Å². The molecule has 0 spiro atoms. The molecule has 0 aliphatic carbocycles. The molecule has 2 rings (SSSR count). The van der Waals surface area contributed by atoms with E-state index in [1.807, 2.05) is 0 Å². The molecule has 0 atom stereocenters. The van der Waals surface area contributed by atoms with Gasteiger partial charge in [-0.05, 0) is 6.92 Å². The van der Waals surface area contributed by atoms with Crippen molar-refractivity contribution in [2.75, 3.05) is 12.4 Å². The maximum absolute atomic E-state index is 12.7. The summed E-state index contributed by atoms with van der Waals surface area (Å²) >= 11 is 5.82. The van der Waals surface area contributed by atoms with E-state index in [0.717, 1.165) is 0 Å². The lowest BCUT2D eigenvalue weighted by molar-refractivity contribution is -0.144. The number of rotatable bonds is 2. The highest BCUT2D eigenvalue weighted by Crippen LogP contribution is 2.28. The molecule has 0 radical (unpaired) electrons. The lowest BCUT2D eigenvalue weighted by atomic mass is 10.4. The number of alkyl halides is 3. The second-order valence-electron chi connectivity index (χ2n) is 3.69. The fraction of sp³-hybridized carbons (Fsp3) is 0.300. The van der Waals surface area contributed by atoms with Crippen molar-refractivity contribution in [3.63, 3.8) is 0 Å². The number of halogens is 4. The Morgan fingerprint density at radius 2 is 2.00 bits per heavy atom. The first-order chi connectivity index (χ1) is 8.81. The fourth-order valence-corrected chi connectivity index (χ4v) is 1.49. The Bertz CT molecular complexity index is 588. The van der Waals surface area contributed by atoms with Gasteiger partial charge >= 0.3 is 6.18 Å². The van der Waals surface area contributed by atoms with E-state index >= 15 is 0 Å². The average molecular weight is 292 g/mol. The summed E-state index contributed by atoms with van der Waals surface area (Å²) in [5.74, 6) is -1.21. The van der Waals surface area contributed by atoms with Gasteiger partial charge in [0.25, 0.3) is 0 Å². The van der Waals surface area contributed by atoms with Crippen LogP contribution in [0.25, 0.3) is 5.82 Å². The van der Waals surface area contributed by atoms with E-state index in [1.165, 1.54) is 24.0 Å². The summed E-state index contributed by atoms with van der Waals surface area (Å²) in [6, 6.07) is 1.35. The van der Waals surface area contributed by atoms with Crippen LogP contribution in [0.1, 0.15) is 11.5 Å². The molecular weight excluding hydrogens is 283 g/mol. The Hall–Kier alpha value is -1.83. The van der Waals surface area contributed by atoms with Gasteiger partial charge in [0.15, 0.2) is 5.82 Å². The van der Waals surface area contributed by atoms with E-state index in [0.29, 0.717) is 10.7 Å². The standard InChI is InChI=1S/C10H9ClF3N5/c1-5-6(11)4-19(18-5)8-3-7(15-2)16-9(17-8)10(12,13)14/h3-4H,1-2H3,(H,15,16,17). The second-order valence-corrected chi connectivity index (χ2v) is 4.10. The SMILES string of the molecule is CNc1cc(-n2cc(Cl)c(C)n2)nc(C(F)(F)F)n1. The summed E-state index contributed by atoms with van der Waals surface area (Å²) in [7, 11) is 1.47. The smallest absolute Gasteiger partial charge is 0.373 e. The van der Waals surface area contributed by atoms with Gasteiger partial charge in [-0.2, -0.15) is 18.3 Å². The molecule has 0 aliphatic rings. The van der Waals surface area contributed by atoms with Gasteiger partial charge in [-0.15, -0.1) is 0 Å². The normalized spacial score (nSPS) is 11.7. The predicted octanol–water partition coefficient (Wildman–Crippen LogP) is 2.68. The molecule has 102 valence electrons. The Balaban J connectivity index is 2.57. The van der Waals surface area contributed by atoms with Gasteiger partial charge in [0, 0.05) is 13.1 Å². The van der Waals surface area contributed by atoms with Crippen molar-refractivity contribution in [1.82, 2.24) is 19.7 Å². The number of aryl methyl sites for hydroxylation is 1. The van der Waals surface area contributed by atoms with Crippen molar-refractivity contribution in [1.29, 1.82) is 0 Å². The summed E-state index contributed by atoms with van der Waals surface area (Å²) in [6.07, 6.45) is -3.24. The lowest BCUT2D eigenvalue weighted by Gasteiger charge is -2.09. The summed E-state index contributed by atoms with van der Waals surface area (Å²) in [5, 5.41) is 6.87. The number of hydrogen-bond donors (Lipinski definition) is 1. The van der Waals surface area contributed by atoms with Gasteiger partial charge in [0.1, 0.15) is 5.82 Å². The van der Waals surface area contributed by atoms with Gasteiger partial charge in [-0.25, -0.2) is 14.6 Å². The minimum absolute atomic E-state index is 0.0123. The monoisotopic (exact) mass is 291 g/mol. The number of aromatic nitrogens is 4. The Morgan fingerprint density at radius 3 is 2.47 bits per heavy atom. The Labute approximate surface area is 111 Å². The zero-order valence-corrected chi connectivity index (χ0v) is 10.7. The Kier molecular flexibility index (Phi) is 3.36. The largest absolute Gasteiger partial charge is 0.451 e. The highest BCUT2D eigenvalue weighted by Gasteiger charge is 2.35. The van der Waals surface area contributed by atoms with Gasteiger partial charge in [-0.3, -0.25) is 0 Å². The van der Waals surface area contributed by atoms with Gasteiger partial charge < -0.3 is 5.32 Å². The van der Waals surface area contributed by atoms with Gasteiger partial charge in [0.05, 0.1) is 16.9 Å². The van der Waals surface area contributed by atoms with Crippen molar-refractivity contribution >= 4 is 17.4 Å². The van der Waals surface area contributed by atoms with Crippen molar-refractivity contribution in [3.8, 4) is 5.82 Å².